The molecule has 0 saturated heterocycles. The highest BCUT2D eigenvalue weighted by atomic mass is 16.6. The van der Waals surface area contributed by atoms with E-state index in [0.717, 1.165) is 24.3 Å². The summed E-state index contributed by atoms with van der Waals surface area (Å²) in [5.41, 5.74) is -0.670. The van der Waals surface area contributed by atoms with E-state index >= 15 is 0 Å². The molecule has 0 bridgehead atoms. The normalized spacial score (nSPS) is 10.0. The fraction of sp³-hybridized carbons (Fsp3) is 0.176. The van der Waals surface area contributed by atoms with Crippen LogP contribution in [-0.4, -0.2) is 42.5 Å². The molecule has 1 N–H and O–H groups in total. The number of carbonyl (C=O) groups excluding carboxylic acids is 2. The monoisotopic (exact) mass is 405 g/mol. The van der Waals surface area contributed by atoms with E-state index in [1.807, 2.05) is 0 Å². The second-order valence-corrected chi connectivity index (χ2v) is 5.41. The van der Waals surface area contributed by atoms with Gasteiger partial charge in [-0.25, -0.2) is 4.79 Å². The Bertz CT molecular complexity index is 975. The molecular weight excluding hydrogens is 390 g/mol. The van der Waals surface area contributed by atoms with Gasteiger partial charge in [-0.05, 0) is 12.1 Å². The molecule has 0 heterocycles. The van der Waals surface area contributed by atoms with Crippen molar-refractivity contribution in [1.82, 2.24) is 0 Å². The summed E-state index contributed by atoms with van der Waals surface area (Å²) in [6, 6.07) is 6.91. The molecule has 1 amide bonds. The molecule has 0 fully saturated rings. The van der Waals surface area contributed by atoms with E-state index in [2.05, 4.69) is 5.32 Å². The van der Waals surface area contributed by atoms with Gasteiger partial charge in [-0.1, -0.05) is 0 Å². The number of amides is 1. The lowest BCUT2D eigenvalue weighted by atomic mass is 10.2. The van der Waals surface area contributed by atoms with E-state index in [1.165, 1.54) is 26.4 Å². The lowest BCUT2D eigenvalue weighted by molar-refractivity contribution is -0.385. The number of rotatable bonds is 8. The molecule has 0 aromatic heterocycles. The molecule has 0 atom stereocenters. The van der Waals surface area contributed by atoms with Crippen molar-refractivity contribution in [2.45, 2.75) is 0 Å². The predicted molar refractivity (Wildman–Crippen MR) is 98.2 cm³/mol. The number of hydrogen-bond donors (Lipinski definition) is 1. The van der Waals surface area contributed by atoms with E-state index in [9.17, 15) is 29.8 Å². The highest BCUT2D eigenvalue weighted by Gasteiger charge is 2.20. The molecule has 152 valence electrons. The Morgan fingerprint density at radius 2 is 1.52 bits per heavy atom. The number of non-ortho nitro benzene ring substituents is 2. The number of anilines is 1. The standard InChI is InChI=1S/C17H15N3O9/c1-27-14-6-4-10(19(23)24)7-12(14)17(22)29-9-16(21)18-13-5-3-11(20(25)26)8-15(13)28-2/h3-8H,9H2,1-2H3,(H,18,21). The minimum Gasteiger partial charge on any atom is -0.496 e. The van der Waals surface area contributed by atoms with Crippen molar-refractivity contribution in [3.05, 3.63) is 62.2 Å². The Kier molecular flexibility index (Phi) is 6.63. The Hall–Kier alpha value is -4.22. The number of nitrogens with one attached hydrogen (secondary N) is 1. The summed E-state index contributed by atoms with van der Waals surface area (Å²) in [5, 5.41) is 24.0. The summed E-state index contributed by atoms with van der Waals surface area (Å²) in [6.07, 6.45) is 0. The van der Waals surface area contributed by atoms with Crippen LogP contribution >= 0.6 is 0 Å². The molecule has 2 aromatic rings. The second-order valence-electron chi connectivity index (χ2n) is 5.41. The average Bonchev–Trinajstić information content (AvgIpc) is 2.71. The lowest BCUT2D eigenvalue weighted by Crippen LogP contribution is -2.21. The van der Waals surface area contributed by atoms with Crippen molar-refractivity contribution in [2.24, 2.45) is 0 Å². The SMILES string of the molecule is COc1cc([N+](=O)[O-])ccc1NC(=O)COC(=O)c1cc([N+](=O)[O-])ccc1OC. The Balaban J connectivity index is 2.08. The van der Waals surface area contributed by atoms with Crippen LogP contribution in [0.3, 0.4) is 0 Å². The molecule has 12 nitrogen and oxygen atoms in total. The molecule has 2 aromatic carbocycles. The van der Waals surface area contributed by atoms with E-state index in [0.29, 0.717) is 0 Å². The molecule has 0 aliphatic carbocycles. The number of nitro benzene ring substituents is 2. The van der Waals surface area contributed by atoms with Gasteiger partial charge in [0.25, 0.3) is 17.3 Å². The molecule has 29 heavy (non-hydrogen) atoms. The molecule has 2 rings (SSSR count). The Morgan fingerprint density at radius 3 is 2.10 bits per heavy atom. The summed E-state index contributed by atoms with van der Waals surface area (Å²) in [7, 11) is 2.54. The van der Waals surface area contributed by atoms with Gasteiger partial charge < -0.3 is 19.5 Å². The van der Waals surface area contributed by atoms with Crippen LogP contribution in [0.4, 0.5) is 17.1 Å². The van der Waals surface area contributed by atoms with Crippen LogP contribution in [0.25, 0.3) is 0 Å². The van der Waals surface area contributed by atoms with E-state index < -0.39 is 28.3 Å². The minimum absolute atomic E-state index is 0.0399. The van der Waals surface area contributed by atoms with Crippen molar-refractivity contribution in [2.75, 3.05) is 26.1 Å². The van der Waals surface area contributed by atoms with E-state index in [1.54, 1.807) is 0 Å². The fourth-order valence-corrected chi connectivity index (χ4v) is 2.26. The maximum Gasteiger partial charge on any atom is 0.342 e. The molecule has 0 aliphatic heterocycles. The van der Waals surface area contributed by atoms with Crippen molar-refractivity contribution < 1.29 is 33.6 Å². The third-order valence-corrected chi connectivity index (χ3v) is 3.62. The number of benzene rings is 2. The van der Waals surface area contributed by atoms with Gasteiger partial charge in [0.15, 0.2) is 6.61 Å². The highest BCUT2D eigenvalue weighted by Crippen LogP contribution is 2.29. The summed E-state index contributed by atoms with van der Waals surface area (Å²) >= 11 is 0. The molecule has 0 saturated carbocycles. The fourth-order valence-electron chi connectivity index (χ4n) is 2.26. The first kappa shape index (κ1) is 21.1. The van der Waals surface area contributed by atoms with Crippen molar-refractivity contribution in [3.63, 3.8) is 0 Å². The molecule has 12 heteroatoms. The first-order valence-corrected chi connectivity index (χ1v) is 7.88. The average molecular weight is 405 g/mol. The second kappa shape index (κ2) is 9.12. The zero-order valence-corrected chi connectivity index (χ0v) is 15.2. The molecule has 0 spiro atoms. The smallest absolute Gasteiger partial charge is 0.342 e. The van der Waals surface area contributed by atoms with Gasteiger partial charge in [0.1, 0.15) is 17.1 Å². The maximum atomic E-state index is 12.2. The number of nitrogens with zero attached hydrogens (tertiary/aromatic N) is 2. The first-order chi connectivity index (χ1) is 13.8. The maximum absolute atomic E-state index is 12.2. The largest absolute Gasteiger partial charge is 0.496 e. The summed E-state index contributed by atoms with van der Waals surface area (Å²) in [5.74, 6) is -1.68. The Labute approximate surface area is 163 Å². The number of methoxy groups -OCH3 is 2. The zero-order chi connectivity index (χ0) is 21.6. The number of carbonyl (C=O) groups is 2. The quantitative estimate of drug-likeness (QED) is 0.395. The van der Waals surface area contributed by atoms with E-state index in [-0.39, 0.29) is 34.1 Å². The minimum atomic E-state index is -1.00. The third kappa shape index (κ3) is 5.15. The summed E-state index contributed by atoms with van der Waals surface area (Å²) < 4.78 is 14.8. The number of hydrogen-bond acceptors (Lipinski definition) is 9. The van der Waals surface area contributed by atoms with Crippen molar-refractivity contribution in [1.29, 1.82) is 0 Å². The van der Waals surface area contributed by atoms with Crippen LogP contribution in [0.2, 0.25) is 0 Å². The van der Waals surface area contributed by atoms with Gasteiger partial charge in [-0.3, -0.25) is 25.0 Å². The number of nitro groups is 2. The van der Waals surface area contributed by atoms with Crippen LogP contribution in [0.5, 0.6) is 11.5 Å². The highest BCUT2D eigenvalue weighted by molar-refractivity contribution is 5.97. The molecule has 0 aliphatic rings. The number of ether oxygens (including phenoxy) is 3. The van der Waals surface area contributed by atoms with Gasteiger partial charge >= 0.3 is 5.97 Å². The van der Waals surface area contributed by atoms with E-state index in [4.69, 9.17) is 14.2 Å². The first-order valence-electron chi connectivity index (χ1n) is 7.88. The summed E-state index contributed by atoms with van der Waals surface area (Å²) in [4.78, 5) is 44.6. The van der Waals surface area contributed by atoms with Gasteiger partial charge in [-0.2, -0.15) is 0 Å². The van der Waals surface area contributed by atoms with Gasteiger partial charge in [0.05, 0.1) is 35.8 Å². The van der Waals surface area contributed by atoms with Gasteiger partial charge in [0, 0.05) is 18.2 Å². The Morgan fingerprint density at radius 1 is 0.931 bits per heavy atom. The van der Waals surface area contributed by atoms with Crippen molar-refractivity contribution >= 4 is 28.9 Å². The molecule has 0 radical (unpaired) electrons. The topological polar surface area (TPSA) is 160 Å². The zero-order valence-electron chi connectivity index (χ0n) is 15.2. The van der Waals surface area contributed by atoms with Gasteiger partial charge in [-0.15, -0.1) is 0 Å². The van der Waals surface area contributed by atoms with Crippen LogP contribution in [0.1, 0.15) is 10.4 Å². The summed E-state index contributed by atoms with van der Waals surface area (Å²) in [6.45, 7) is -0.717. The van der Waals surface area contributed by atoms with Crippen LogP contribution in [-0.2, 0) is 9.53 Å². The third-order valence-electron chi connectivity index (χ3n) is 3.62. The van der Waals surface area contributed by atoms with Crippen LogP contribution in [0.15, 0.2) is 36.4 Å². The van der Waals surface area contributed by atoms with Gasteiger partial charge in [0.2, 0.25) is 0 Å². The molecular formula is C17H15N3O9. The predicted octanol–water partition coefficient (Wildman–Crippen LogP) is 2.32. The number of esters is 1. The van der Waals surface area contributed by atoms with Crippen molar-refractivity contribution in [3.8, 4) is 11.5 Å². The lowest BCUT2D eigenvalue weighted by Gasteiger charge is -2.11. The van der Waals surface area contributed by atoms with Crippen LogP contribution < -0.4 is 14.8 Å². The van der Waals surface area contributed by atoms with Crippen LogP contribution in [0, 0.1) is 20.2 Å². The molecule has 0 unspecified atom stereocenters.